The summed E-state index contributed by atoms with van der Waals surface area (Å²) < 4.78 is 3.02. The molecule has 0 aliphatic heterocycles. The number of fused-ring (bicyclic) bond motifs is 1. The highest BCUT2D eigenvalue weighted by Crippen LogP contribution is 2.42. The third-order valence-corrected chi connectivity index (χ3v) is 4.53. The van der Waals surface area contributed by atoms with E-state index in [-0.39, 0.29) is 11.0 Å². The van der Waals surface area contributed by atoms with Crippen molar-refractivity contribution in [1.82, 2.24) is 24.8 Å². The lowest BCUT2D eigenvalue weighted by atomic mass is 9.70. The SMILES string of the molecule is Cn1ncc2c(=O)n(CC3(CS)CCC3)nnc21. The van der Waals surface area contributed by atoms with Crippen LogP contribution in [-0.4, -0.2) is 30.5 Å². The molecule has 0 aromatic carbocycles. The van der Waals surface area contributed by atoms with Gasteiger partial charge in [0, 0.05) is 7.05 Å². The molecule has 0 bridgehead atoms. The zero-order chi connectivity index (χ0) is 12.8. The van der Waals surface area contributed by atoms with Gasteiger partial charge < -0.3 is 0 Å². The van der Waals surface area contributed by atoms with Crippen molar-refractivity contribution in [3.63, 3.8) is 0 Å². The van der Waals surface area contributed by atoms with Crippen LogP contribution < -0.4 is 5.56 Å². The second-order valence-corrected chi connectivity index (χ2v) is 5.39. The molecular weight excluding hydrogens is 250 g/mol. The number of hydrogen-bond acceptors (Lipinski definition) is 5. The maximum atomic E-state index is 12.3. The molecule has 3 rings (SSSR count). The van der Waals surface area contributed by atoms with Gasteiger partial charge in [-0.15, -0.1) is 5.10 Å². The van der Waals surface area contributed by atoms with E-state index >= 15 is 0 Å². The molecule has 6 nitrogen and oxygen atoms in total. The average molecular weight is 265 g/mol. The van der Waals surface area contributed by atoms with E-state index < -0.39 is 0 Å². The van der Waals surface area contributed by atoms with E-state index in [1.54, 1.807) is 17.9 Å². The van der Waals surface area contributed by atoms with Gasteiger partial charge in [-0.05, 0) is 24.0 Å². The molecule has 0 unspecified atom stereocenters. The maximum Gasteiger partial charge on any atom is 0.280 e. The number of nitrogens with zero attached hydrogens (tertiary/aromatic N) is 5. The summed E-state index contributed by atoms with van der Waals surface area (Å²) in [5.41, 5.74) is 0.545. The van der Waals surface area contributed by atoms with Gasteiger partial charge in [0.1, 0.15) is 5.39 Å². The predicted molar refractivity (Wildman–Crippen MR) is 70.7 cm³/mol. The summed E-state index contributed by atoms with van der Waals surface area (Å²) >= 11 is 4.39. The summed E-state index contributed by atoms with van der Waals surface area (Å²) in [7, 11) is 1.75. The number of thiol groups is 1. The smallest absolute Gasteiger partial charge is 0.267 e. The summed E-state index contributed by atoms with van der Waals surface area (Å²) in [5.74, 6) is 0.784. The third-order valence-electron chi connectivity index (χ3n) is 3.85. The van der Waals surface area contributed by atoms with Crippen LogP contribution >= 0.6 is 12.6 Å². The van der Waals surface area contributed by atoms with Crippen molar-refractivity contribution < 1.29 is 0 Å². The Labute approximate surface area is 109 Å². The maximum absolute atomic E-state index is 12.3. The Balaban J connectivity index is 2.03. The standard InChI is InChI=1S/C11H15N5OS/c1-15-9-8(5-12-15)10(17)16(14-13-9)6-11(7-18)3-2-4-11/h5,18H,2-4,6-7H2,1H3. The van der Waals surface area contributed by atoms with Crippen LogP contribution in [0.1, 0.15) is 19.3 Å². The second-order valence-electron chi connectivity index (χ2n) is 5.07. The number of aryl methyl sites for hydroxylation is 1. The molecule has 7 heteroatoms. The zero-order valence-corrected chi connectivity index (χ0v) is 11.1. The highest BCUT2D eigenvalue weighted by molar-refractivity contribution is 7.80. The third kappa shape index (κ3) is 1.65. The zero-order valence-electron chi connectivity index (χ0n) is 10.2. The van der Waals surface area contributed by atoms with Gasteiger partial charge in [-0.2, -0.15) is 17.7 Å². The molecule has 1 fully saturated rings. The Bertz CT molecular complexity index is 637. The Morgan fingerprint density at radius 2 is 2.28 bits per heavy atom. The minimum absolute atomic E-state index is 0.110. The van der Waals surface area contributed by atoms with E-state index in [4.69, 9.17) is 0 Å². The molecule has 2 aromatic heterocycles. The van der Waals surface area contributed by atoms with Crippen LogP contribution in [0.2, 0.25) is 0 Å². The van der Waals surface area contributed by atoms with Gasteiger partial charge in [-0.1, -0.05) is 11.6 Å². The van der Waals surface area contributed by atoms with E-state index in [1.165, 1.54) is 11.1 Å². The summed E-state index contributed by atoms with van der Waals surface area (Å²) in [5, 5.41) is 12.6. The molecule has 1 aliphatic rings. The fraction of sp³-hybridized carbons (Fsp3) is 0.636. The average Bonchev–Trinajstić information content (AvgIpc) is 2.69. The van der Waals surface area contributed by atoms with Gasteiger partial charge in [0.15, 0.2) is 5.65 Å². The lowest BCUT2D eigenvalue weighted by Crippen LogP contribution is -2.40. The fourth-order valence-electron chi connectivity index (χ4n) is 2.44. The molecule has 2 aromatic rings. The quantitative estimate of drug-likeness (QED) is 0.826. The molecule has 1 saturated carbocycles. The van der Waals surface area contributed by atoms with Gasteiger partial charge in [-0.3, -0.25) is 4.79 Å². The van der Waals surface area contributed by atoms with Crippen molar-refractivity contribution in [2.45, 2.75) is 25.8 Å². The van der Waals surface area contributed by atoms with Crippen molar-refractivity contribution in [3.05, 3.63) is 16.6 Å². The minimum atomic E-state index is -0.110. The molecule has 96 valence electrons. The van der Waals surface area contributed by atoms with Gasteiger partial charge >= 0.3 is 0 Å². The summed E-state index contributed by atoms with van der Waals surface area (Å²) in [6.45, 7) is 0.604. The van der Waals surface area contributed by atoms with Gasteiger partial charge in [0.25, 0.3) is 5.56 Å². The lowest BCUT2D eigenvalue weighted by molar-refractivity contribution is 0.128. The molecule has 0 atom stereocenters. The first kappa shape index (κ1) is 11.7. The second kappa shape index (κ2) is 4.08. The van der Waals surface area contributed by atoms with Crippen LogP contribution in [-0.2, 0) is 13.6 Å². The molecule has 2 heterocycles. The normalized spacial score (nSPS) is 17.9. The van der Waals surface area contributed by atoms with Crippen molar-refractivity contribution in [2.24, 2.45) is 12.5 Å². The van der Waals surface area contributed by atoms with Crippen LogP contribution in [0.3, 0.4) is 0 Å². The largest absolute Gasteiger partial charge is 0.280 e. The van der Waals surface area contributed by atoms with Gasteiger partial charge in [0.2, 0.25) is 0 Å². The fourth-order valence-corrected chi connectivity index (χ4v) is 2.86. The van der Waals surface area contributed by atoms with Gasteiger partial charge in [-0.25, -0.2) is 9.36 Å². The van der Waals surface area contributed by atoms with Crippen LogP contribution in [0, 0.1) is 5.41 Å². The van der Waals surface area contributed by atoms with Crippen LogP contribution in [0.15, 0.2) is 11.0 Å². The summed E-state index contributed by atoms with van der Waals surface area (Å²) in [4.78, 5) is 12.3. The predicted octanol–water partition coefficient (Wildman–Crippen LogP) is 0.625. The Morgan fingerprint density at radius 3 is 2.89 bits per heavy atom. The number of aromatic nitrogens is 5. The van der Waals surface area contributed by atoms with Gasteiger partial charge in [0.05, 0.1) is 12.7 Å². The molecule has 0 radical (unpaired) electrons. The Morgan fingerprint density at radius 1 is 1.50 bits per heavy atom. The molecule has 0 amide bonds. The minimum Gasteiger partial charge on any atom is -0.267 e. The molecule has 1 aliphatic carbocycles. The van der Waals surface area contributed by atoms with E-state index in [1.807, 2.05) is 0 Å². The van der Waals surface area contributed by atoms with Crippen LogP contribution in [0.5, 0.6) is 0 Å². The molecular formula is C11H15N5OS. The van der Waals surface area contributed by atoms with Crippen LogP contribution in [0.25, 0.3) is 11.0 Å². The monoisotopic (exact) mass is 265 g/mol. The molecule has 0 spiro atoms. The van der Waals surface area contributed by atoms with Crippen molar-refractivity contribution >= 4 is 23.7 Å². The van der Waals surface area contributed by atoms with Crippen molar-refractivity contribution in [1.29, 1.82) is 0 Å². The van der Waals surface area contributed by atoms with E-state index in [0.29, 0.717) is 17.6 Å². The first-order valence-electron chi connectivity index (χ1n) is 6.02. The molecule has 0 saturated heterocycles. The Hall–Kier alpha value is -1.37. The van der Waals surface area contributed by atoms with Crippen LogP contribution in [0.4, 0.5) is 0 Å². The van der Waals surface area contributed by atoms with E-state index in [9.17, 15) is 4.79 Å². The molecule has 18 heavy (non-hydrogen) atoms. The summed E-state index contributed by atoms with van der Waals surface area (Å²) in [6, 6.07) is 0. The Kier molecular flexibility index (Phi) is 2.65. The molecule has 0 N–H and O–H groups in total. The first-order chi connectivity index (χ1) is 8.65. The topological polar surface area (TPSA) is 65.6 Å². The van der Waals surface area contributed by atoms with Crippen molar-refractivity contribution in [3.8, 4) is 0 Å². The van der Waals surface area contributed by atoms with E-state index in [2.05, 4.69) is 28.0 Å². The highest BCUT2D eigenvalue weighted by Gasteiger charge is 2.36. The first-order valence-corrected chi connectivity index (χ1v) is 6.65. The highest BCUT2D eigenvalue weighted by atomic mass is 32.1. The van der Waals surface area contributed by atoms with E-state index in [0.717, 1.165) is 18.6 Å². The number of hydrogen-bond donors (Lipinski definition) is 1. The number of rotatable bonds is 3. The summed E-state index contributed by atoms with van der Waals surface area (Å²) in [6.07, 6.45) is 4.97. The van der Waals surface area contributed by atoms with Crippen molar-refractivity contribution in [2.75, 3.05) is 5.75 Å². The lowest BCUT2D eigenvalue weighted by Gasteiger charge is -2.40.